The summed E-state index contributed by atoms with van der Waals surface area (Å²) in [4.78, 5) is 19.8. The quantitative estimate of drug-likeness (QED) is 0.500. The Balaban J connectivity index is 1.24. The van der Waals surface area contributed by atoms with Gasteiger partial charge in [0.2, 0.25) is 0 Å². The number of pyridine rings is 1. The number of nitrogens with zero attached hydrogens (tertiary/aromatic N) is 2. The largest absolute Gasteiger partial charge is 0.490 e. The predicted octanol–water partition coefficient (Wildman–Crippen LogP) is 5.02. The minimum absolute atomic E-state index is 0.155. The smallest absolute Gasteiger partial charge is 0.255 e. The van der Waals surface area contributed by atoms with Crippen molar-refractivity contribution >= 4 is 11.6 Å². The Morgan fingerprint density at radius 1 is 1.05 bits per heavy atom. The summed E-state index contributed by atoms with van der Waals surface area (Å²) in [7, 11) is 0. The fraction of sp³-hybridized carbons (Fsp3) is 0.387. The molecule has 0 bridgehead atoms. The molecule has 1 saturated heterocycles. The highest BCUT2D eigenvalue weighted by Gasteiger charge is 2.32. The fourth-order valence-electron chi connectivity index (χ4n) is 6.06. The minimum Gasteiger partial charge on any atom is -0.490 e. The molecule has 3 aromatic rings. The fourth-order valence-corrected chi connectivity index (χ4v) is 6.06. The van der Waals surface area contributed by atoms with Gasteiger partial charge in [0, 0.05) is 41.2 Å². The Morgan fingerprint density at radius 3 is 2.70 bits per heavy atom. The number of carbonyl (C=O) groups excluding carboxylic acids is 1. The van der Waals surface area contributed by atoms with Gasteiger partial charge >= 0.3 is 0 Å². The molecule has 2 atom stereocenters. The van der Waals surface area contributed by atoms with Crippen LogP contribution in [-0.4, -0.2) is 52.3 Å². The number of hydrogen-bond donors (Lipinski definition) is 2. The first kappa shape index (κ1) is 23.9. The molecular formula is C31H34N4O2. The first-order valence-electron chi connectivity index (χ1n) is 13.3. The van der Waals surface area contributed by atoms with Crippen molar-refractivity contribution in [2.45, 2.75) is 64.1 Å². The number of hydrogen-bond acceptors (Lipinski definition) is 5. The molecule has 6 nitrogen and oxygen atoms in total. The van der Waals surface area contributed by atoms with Crippen molar-refractivity contribution in [2.75, 3.05) is 13.2 Å². The maximum absolute atomic E-state index is 12.6. The standard InChI is InChI=1S/C31H34N4O2/c1-19-5-4-10-35(19)26-13-21-7-6-20(11-23(21)14-26)24-12-25(17-33-16-24)29(32)22-8-9-27-28(15-22)37-18-31(2,3)34-30(27)36/h6-9,11-12,15-17,19,26,32H,4-5,10,13-14,18H2,1-3H3,(H,34,36)/t19-,26?/m0/s1. The summed E-state index contributed by atoms with van der Waals surface area (Å²) in [6.45, 7) is 7.82. The number of aromatic nitrogens is 1. The zero-order valence-electron chi connectivity index (χ0n) is 21.8. The van der Waals surface area contributed by atoms with E-state index in [1.807, 2.05) is 32.2 Å². The molecule has 0 radical (unpaired) electrons. The summed E-state index contributed by atoms with van der Waals surface area (Å²) in [6, 6.07) is 15.5. The molecule has 37 heavy (non-hydrogen) atoms. The lowest BCUT2D eigenvalue weighted by atomic mass is 9.97. The summed E-state index contributed by atoms with van der Waals surface area (Å²) in [5, 5.41) is 11.9. The molecule has 0 spiro atoms. The Morgan fingerprint density at radius 2 is 1.89 bits per heavy atom. The van der Waals surface area contributed by atoms with Crippen LogP contribution in [0.1, 0.15) is 66.2 Å². The number of likely N-dealkylation sites (tertiary alicyclic amines) is 1. The lowest BCUT2D eigenvalue weighted by Crippen LogP contribution is -2.45. The van der Waals surface area contributed by atoms with Gasteiger partial charge in [0.15, 0.2) is 0 Å². The maximum Gasteiger partial charge on any atom is 0.255 e. The highest BCUT2D eigenvalue weighted by atomic mass is 16.5. The van der Waals surface area contributed by atoms with E-state index in [-0.39, 0.29) is 5.91 Å². The van der Waals surface area contributed by atoms with Gasteiger partial charge in [-0.15, -0.1) is 0 Å². The Kier molecular flexibility index (Phi) is 5.87. The van der Waals surface area contributed by atoms with Crippen LogP contribution in [0, 0.1) is 5.41 Å². The third kappa shape index (κ3) is 4.55. The van der Waals surface area contributed by atoms with E-state index in [2.05, 4.69) is 40.3 Å². The molecule has 1 aromatic heterocycles. The van der Waals surface area contributed by atoms with Gasteiger partial charge in [0.1, 0.15) is 12.4 Å². The third-order valence-electron chi connectivity index (χ3n) is 8.11. The first-order chi connectivity index (χ1) is 17.8. The summed E-state index contributed by atoms with van der Waals surface area (Å²) < 4.78 is 5.95. The average Bonchev–Trinajstić information content (AvgIpc) is 3.49. The predicted molar refractivity (Wildman–Crippen MR) is 146 cm³/mol. The van der Waals surface area contributed by atoms with Crippen molar-refractivity contribution in [3.05, 3.63) is 82.7 Å². The van der Waals surface area contributed by atoms with Gasteiger partial charge in [-0.1, -0.05) is 24.3 Å². The minimum atomic E-state index is -0.454. The second-order valence-corrected chi connectivity index (χ2v) is 11.4. The topological polar surface area (TPSA) is 78.3 Å². The van der Waals surface area contributed by atoms with E-state index in [9.17, 15) is 4.79 Å². The summed E-state index contributed by atoms with van der Waals surface area (Å²) in [6.07, 6.45) is 8.47. The van der Waals surface area contributed by atoms with E-state index in [0.29, 0.717) is 41.3 Å². The average molecular weight is 495 g/mol. The van der Waals surface area contributed by atoms with Crippen molar-refractivity contribution in [2.24, 2.45) is 0 Å². The van der Waals surface area contributed by atoms with Gasteiger partial charge < -0.3 is 10.1 Å². The highest BCUT2D eigenvalue weighted by Crippen LogP contribution is 2.33. The highest BCUT2D eigenvalue weighted by molar-refractivity contribution is 6.12. The van der Waals surface area contributed by atoms with Gasteiger partial charge in [-0.25, -0.2) is 0 Å². The first-order valence-corrected chi connectivity index (χ1v) is 13.3. The van der Waals surface area contributed by atoms with Crippen LogP contribution in [0.3, 0.4) is 0 Å². The van der Waals surface area contributed by atoms with Crippen LogP contribution in [0.15, 0.2) is 54.9 Å². The van der Waals surface area contributed by atoms with Crippen LogP contribution in [0.4, 0.5) is 0 Å². The lowest BCUT2D eigenvalue weighted by molar-refractivity contribution is 0.0909. The lowest BCUT2D eigenvalue weighted by Gasteiger charge is -2.27. The number of nitrogens with one attached hydrogen (secondary N) is 2. The van der Waals surface area contributed by atoms with Gasteiger partial charge in [0.25, 0.3) is 5.91 Å². The summed E-state index contributed by atoms with van der Waals surface area (Å²) >= 11 is 0. The number of rotatable bonds is 4. The van der Waals surface area contributed by atoms with E-state index in [4.69, 9.17) is 10.1 Å². The normalized spacial score (nSPS) is 22.5. The van der Waals surface area contributed by atoms with Crippen LogP contribution in [-0.2, 0) is 12.8 Å². The molecule has 3 aliphatic rings. The second kappa shape index (κ2) is 9.10. The molecule has 190 valence electrons. The molecule has 6 heteroatoms. The van der Waals surface area contributed by atoms with E-state index in [0.717, 1.165) is 29.5 Å². The van der Waals surface area contributed by atoms with Crippen LogP contribution in [0.5, 0.6) is 5.75 Å². The molecule has 3 heterocycles. The van der Waals surface area contributed by atoms with Crippen LogP contribution >= 0.6 is 0 Å². The molecule has 1 aliphatic carbocycles. The molecular weight excluding hydrogens is 460 g/mol. The van der Waals surface area contributed by atoms with Crippen molar-refractivity contribution in [1.82, 2.24) is 15.2 Å². The molecule has 2 aromatic carbocycles. The molecule has 2 N–H and O–H groups in total. The second-order valence-electron chi connectivity index (χ2n) is 11.4. The van der Waals surface area contributed by atoms with Crippen molar-refractivity contribution < 1.29 is 9.53 Å². The van der Waals surface area contributed by atoms with Crippen LogP contribution in [0.25, 0.3) is 11.1 Å². The third-order valence-corrected chi connectivity index (χ3v) is 8.11. The van der Waals surface area contributed by atoms with Crippen molar-refractivity contribution in [3.8, 4) is 16.9 Å². The van der Waals surface area contributed by atoms with E-state index in [1.54, 1.807) is 18.3 Å². The van der Waals surface area contributed by atoms with E-state index in [1.165, 1.54) is 30.5 Å². The Hall–Kier alpha value is -3.51. The number of benzene rings is 2. The number of carbonyl (C=O) groups is 1. The SMILES string of the molecule is C[C@H]1CCCN1C1Cc2ccc(-c3cncc(C(=N)c4ccc5c(c4)OCC(C)(C)NC5=O)c3)cc2C1. The Labute approximate surface area is 218 Å². The van der Waals surface area contributed by atoms with Crippen LogP contribution < -0.4 is 10.1 Å². The molecule has 1 fully saturated rings. The monoisotopic (exact) mass is 494 g/mol. The van der Waals surface area contributed by atoms with E-state index < -0.39 is 5.54 Å². The molecule has 6 rings (SSSR count). The van der Waals surface area contributed by atoms with Crippen molar-refractivity contribution in [1.29, 1.82) is 5.41 Å². The van der Waals surface area contributed by atoms with Gasteiger partial charge in [0.05, 0.1) is 16.8 Å². The molecule has 0 saturated carbocycles. The zero-order valence-corrected chi connectivity index (χ0v) is 21.8. The van der Waals surface area contributed by atoms with Gasteiger partial charge in [-0.05, 0) is 87.9 Å². The molecule has 1 unspecified atom stereocenters. The van der Waals surface area contributed by atoms with Crippen LogP contribution in [0.2, 0.25) is 0 Å². The number of ether oxygens (including phenoxy) is 1. The number of fused-ring (bicyclic) bond motifs is 2. The molecule has 1 amide bonds. The number of amides is 1. The maximum atomic E-state index is 12.6. The summed E-state index contributed by atoms with van der Waals surface area (Å²) in [5.41, 5.74) is 6.87. The van der Waals surface area contributed by atoms with Crippen molar-refractivity contribution in [3.63, 3.8) is 0 Å². The van der Waals surface area contributed by atoms with E-state index >= 15 is 0 Å². The zero-order chi connectivity index (χ0) is 25.7. The molecule has 2 aliphatic heterocycles. The van der Waals surface area contributed by atoms with Gasteiger partial charge in [-0.3, -0.25) is 20.1 Å². The van der Waals surface area contributed by atoms with Gasteiger partial charge in [-0.2, -0.15) is 0 Å². The summed E-state index contributed by atoms with van der Waals surface area (Å²) in [5.74, 6) is 0.354. The Bertz CT molecular complexity index is 1400.